The first kappa shape index (κ1) is 19.8. The van der Waals surface area contributed by atoms with E-state index in [4.69, 9.17) is 14.2 Å². The molecule has 2 aromatic rings. The summed E-state index contributed by atoms with van der Waals surface area (Å²) >= 11 is 0. The molecule has 2 aromatic carbocycles. The van der Waals surface area contributed by atoms with Crippen molar-refractivity contribution in [2.24, 2.45) is 0 Å². The summed E-state index contributed by atoms with van der Waals surface area (Å²) < 4.78 is 36.0. The molecular weight excluding hydrogens is 382 g/mol. The lowest BCUT2D eigenvalue weighted by Crippen LogP contribution is -2.13. The topological polar surface area (TPSA) is 97.3 Å². The molecule has 1 amide bonds. The van der Waals surface area contributed by atoms with Crippen molar-refractivity contribution in [3.05, 3.63) is 53.4 Å². The Morgan fingerprint density at radius 2 is 1.68 bits per heavy atom. The van der Waals surface area contributed by atoms with E-state index in [1.807, 2.05) is 0 Å². The molecule has 1 heterocycles. The first-order valence-electron chi connectivity index (χ1n) is 8.21. The summed E-state index contributed by atoms with van der Waals surface area (Å²) in [6, 6.07) is 8.21. The molecular formula is C20H21NO6S. The van der Waals surface area contributed by atoms with Gasteiger partial charge in [0.2, 0.25) is 5.75 Å². The molecule has 3 rings (SSSR count). The second-order valence-corrected chi connectivity index (χ2v) is 7.89. The number of rotatable bonds is 6. The first-order valence-corrected chi connectivity index (χ1v) is 9.82. The van der Waals surface area contributed by atoms with E-state index in [0.717, 1.165) is 0 Å². The number of anilines is 1. The predicted molar refractivity (Wildman–Crippen MR) is 110 cm³/mol. The number of nitrogens with one attached hydrogen (secondary N) is 1. The average Bonchev–Trinajstić information content (AvgIpc) is 3.00. The summed E-state index contributed by atoms with van der Waals surface area (Å²) in [5, 5.41) is 4.08. The zero-order valence-electron chi connectivity index (χ0n) is 15.7. The fraction of sp³-hybridized carbons (Fsp3) is 0.150. The maximum absolute atomic E-state index is 12.7. The van der Waals surface area contributed by atoms with Crippen molar-refractivity contribution in [2.75, 3.05) is 26.6 Å². The first-order chi connectivity index (χ1) is 13.3. The molecule has 0 fully saturated rings. The highest BCUT2D eigenvalue weighted by Crippen LogP contribution is 2.56. The third-order valence-corrected chi connectivity index (χ3v) is 5.84. The average molecular weight is 403 g/mol. The standard InChI is InChI=1S/C20H21NO6S/c1-12(14-9-16(25-2)19(27-4)17(10-14)26-3)20(22)21-15-6-5-13-7-8-28(23,24)18(13)11-15/h5-11,23-24H,1H2,2-4H3,(H,21,22). The lowest BCUT2D eigenvalue weighted by atomic mass is 10.0. The van der Waals surface area contributed by atoms with Crippen LogP contribution in [0.25, 0.3) is 11.6 Å². The Kier molecular flexibility index (Phi) is 5.37. The summed E-state index contributed by atoms with van der Waals surface area (Å²) in [7, 11) is 1.51. The fourth-order valence-corrected chi connectivity index (χ4v) is 4.11. The fourth-order valence-electron chi connectivity index (χ4n) is 2.84. The van der Waals surface area contributed by atoms with Crippen molar-refractivity contribution < 1.29 is 28.1 Å². The van der Waals surface area contributed by atoms with E-state index in [1.54, 1.807) is 36.4 Å². The highest BCUT2D eigenvalue weighted by Gasteiger charge is 2.23. The van der Waals surface area contributed by atoms with Gasteiger partial charge in [-0.25, -0.2) is 0 Å². The van der Waals surface area contributed by atoms with Gasteiger partial charge in [-0.3, -0.25) is 13.9 Å². The second kappa shape index (κ2) is 7.59. The van der Waals surface area contributed by atoms with Crippen molar-refractivity contribution in [1.29, 1.82) is 0 Å². The number of hydrogen-bond donors (Lipinski definition) is 3. The molecule has 0 saturated heterocycles. The van der Waals surface area contributed by atoms with Crippen molar-refractivity contribution in [2.45, 2.75) is 4.90 Å². The van der Waals surface area contributed by atoms with Gasteiger partial charge >= 0.3 is 0 Å². The minimum atomic E-state index is -2.96. The van der Waals surface area contributed by atoms with Crippen LogP contribution in [0.2, 0.25) is 0 Å². The summed E-state index contributed by atoms with van der Waals surface area (Å²) in [5.74, 6) is 0.779. The minimum Gasteiger partial charge on any atom is -0.493 e. The van der Waals surface area contributed by atoms with Gasteiger partial charge in [-0.15, -0.1) is 10.6 Å². The van der Waals surface area contributed by atoms with Crippen LogP contribution in [0.3, 0.4) is 0 Å². The molecule has 0 unspecified atom stereocenters. The van der Waals surface area contributed by atoms with Crippen LogP contribution in [-0.2, 0) is 4.79 Å². The molecule has 0 bridgehead atoms. The molecule has 1 aliphatic heterocycles. The number of carbonyl (C=O) groups is 1. The molecule has 8 heteroatoms. The number of methoxy groups -OCH3 is 3. The quantitative estimate of drug-likeness (QED) is 0.616. The SMILES string of the molecule is C=C(C(=O)Nc1ccc2c(c1)S(O)(O)C=C2)c1cc(OC)c(OC)c(OC)c1. The van der Waals surface area contributed by atoms with Gasteiger partial charge < -0.3 is 19.5 Å². The van der Waals surface area contributed by atoms with Crippen LogP contribution in [-0.4, -0.2) is 36.3 Å². The zero-order chi connectivity index (χ0) is 20.5. The number of hydrogen-bond acceptors (Lipinski definition) is 6. The maximum Gasteiger partial charge on any atom is 0.255 e. The molecule has 148 valence electrons. The Labute approximate surface area is 164 Å². The van der Waals surface area contributed by atoms with E-state index in [0.29, 0.717) is 39.0 Å². The molecule has 7 nitrogen and oxygen atoms in total. The van der Waals surface area contributed by atoms with E-state index >= 15 is 0 Å². The molecule has 0 aliphatic carbocycles. The largest absolute Gasteiger partial charge is 0.493 e. The molecule has 28 heavy (non-hydrogen) atoms. The van der Waals surface area contributed by atoms with Crippen LogP contribution in [0.1, 0.15) is 11.1 Å². The van der Waals surface area contributed by atoms with E-state index in [-0.39, 0.29) is 5.57 Å². The summed E-state index contributed by atoms with van der Waals surface area (Å²) in [6.45, 7) is 3.86. The van der Waals surface area contributed by atoms with Crippen LogP contribution < -0.4 is 19.5 Å². The number of fused-ring (bicyclic) bond motifs is 1. The number of benzene rings is 2. The Bertz CT molecular complexity index is 958. The Hall–Kier alpha value is -2.94. The van der Waals surface area contributed by atoms with Crippen molar-refractivity contribution in [3.63, 3.8) is 0 Å². The van der Waals surface area contributed by atoms with Crippen molar-refractivity contribution in [3.8, 4) is 17.2 Å². The maximum atomic E-state index is 12.7. The highest BCUT2D eigenvalue weighted by molar-refractivity contribution is 8.27. The van der Waals surface area contributed by atoms with Gasteiger partial charge in [0.25, 0.3) is 5.91 Å². The van der Waals surface area contributed by atoms with Crippen LogP contribution in [0, 0.1) is 0 Å². The number of ether oxygens (including phenoxy) is 3. The number of amides is 1. The molecule has 0 aromatic heterocycles. The third kappa shape index (κ3) is 3.57. The molecule has 0 radical (unpaired) electrons. The lowest BCUT2D eigenvalue weighted by Gasteiger charge is -2.25. The summed E-state index contributed by atoms with van der Waals surface area (Å²) in [5.41, 5.74) is 1.83. The normalized spacial score (nSPS) is 14.8. The smallest absolute Gasteiger partial charge is 0.255 e. The summed E-state index contributed by atoms with van der Waals surface area (Å²) in [4.78, 5) is 13.0. The van der Waals surface area contributed by atoms with Gasteiger partial charge in [0.15, 0.2) is 11.5 Å². The Balaban J connectivity index is 1.86. The van der Waals surface area contributed by atoms with E-state index in [9.17, 15) is 13.9 Å². The van der Waals surface area contributed by atoms with Gasteiger partial charge in [-0.1, -0.05) is 12.6 Å². The molecule has 0 spiro atoms. The third-order valence-electron chi connectivity index (χ3n) is 4.32. The summed E-state index contributed by atoms with van der Waals surface area (Å²) in [6.07, 6.45) is 1.64. The number of carbonyl (C=O) groups excluding carboxylic acids is 1. The molecule has 1 aliphatic rings. The molecule has 3 N–H and O–H groups in total. The lowest BCUT2D eigenvalue weighted by molar-refractivity contribution is -0.111. The van der Waals surface area contributed by atoms with Crippen LogP contribution in [0.15, 0.2) is 47.2 Å². The minimum absolute atomic E-state index is 0.185. The van der Waals surface area contributed by atoms with Crippen molar-refractivity contribution >= 4 is 33.8 Å². The molecule has 0 atom stereocenters. The van der Waals surface area contributed by atoms with Gasteiger partial charge in [-0.2, -0.15) is 0 Å². The van der Waals surface area contributed by atoms with E-state index in [1.165, 1.54) is 26.7 Å². The second-order valence-electron chi connectivity index (χ2n) is 5.99. The predicted octanol–water partition coefficient (Wildman–Crippen LogP) is 4.46. The van der Waals surface area contributed by atoms with Crippen LogP contribution in [0.5, 0.6) is 17.2 Å². The monoisotopic (exact) mass is 403 g/mol. The Morgan fingerprint density at radius 3 is 2.25 bits per heavy atom. The van der Waals surface area contributed by atoms with Crippen LogP contribution >= 0.6 is 10.6 Å². The Morgan fingerprint density at radius 1 is 1.04 bits per heavy atom. The highest BCUT2D eigenvalue weighted by atomic mass is 32.3. The van der Waals surface area contributed by atoms with Gasteiger partial charge in [-0.05, 0) is 41.5 Å². The molecule has 0 saturated carbocycles. The van der Waals surface area contributed by atoms with Gasteiger partial charge in [0.05, 0.1) is 26.2 Å². The van der Waals surface area contributed by atoms with E-state index in [2.05, 4.69) is 11.9 Å². The van der Waals surface area contributed by atoms with E-state index < -0.39 is 16.5 Å². The van der Waals surface area contributed by atoms with Crippen LogP contribution in [0.4, 0.5) is 5.69 Å². The van der Waals surface area contributed by atoms with Gasteiger partial charge in [0.1, 0.15) is 0 Å². The zero-order valence-corrected chi connectivity index (χ0v) is 16.5. The van der Waals surface area contributed by atoms with Crippen molar-refractivity contribution in [1.82, 2.24) is 0 Å². The van der Waals surface area contributed by atoms with Gasteiger partial charge in [0, 0.05) is 16.7 Å².